The van der Waals surface area contributed by atoms with Crippen LogP contribution >= 0.6 is 0 Å². The van der Waals surface area contributed by atoms with Gasteiger partial charge in [-0.3, -0.25) is 0 Å². The van der Waals surface area contributed by atoms with Crippen molar-refractivity contribution >= 4 is 87.2 Å². The van der Waals surface area contributed by atoms with Crippen LogP contribution in [0.15, 0.2) is 121 Å². The predicted molar refractivity (Wildman–Crippen MR) is 310 cm³/mol. The molecule has 8 aromatic carbocycles. The van der Waals surface area contributed by atoms with E-state index in [4.69, 9.17) is 43.5 Å². The Kier molecular flexibility index (Phi) is 11.1. The van der Waals surface area contributed by atoms with E-state index in [1.807, 2.05) is 0 Å². The molecule has 11 aromatic rings. The molecule has 3 aromatic heterocycles. The molecule has 0 amide bonds. The molecule has 4 aliphatic carbocycles. The zero-order chi connectivity index (χ0) is 51.6. The normalized spacial score (nSPS) is 17.1. The van der Waals surface area contributed by atoms with Gasteiger partial charge in [-0.15, -0.1) is 0 Å². The number of rotatable bonds is 4. The molecular formula is C68H56N8OV. The molecule has 17 rings (SSSR count). The van der Waals surface area contributed by atoms with E-state index in [0.29, 0.717) is 69.6 Å². The SMILES string of the molecule is [O]=[V+2].c1ccc2c(C3CCCC3)c3c(cc2c1)-c1nc-3nc2[n-]c(nc3nc(nc4[n-]c(n1)c1c(C5CCCC5)c5ccccc5cc41)-c1c-3cc3ccccc3c1C1CCCC1)c1c(C3CCCC3)c3ccccc3cc21. The van der Waals surface area contributed by atoms with Gasteiger partial charge in [-0.2, -0.15) is 0 Å². The summed E-state index contributed by atoms with van der Waals surface area (Å²) in [6, 6.07) is 45.0. The minimum Gasteiger partial charge on any atom is -0.357 e. The van der Waals surface area contributed by atoms with Crippen molar-refractivity contribution in [2.45, 2.75) is 126 Å². The summed E-state index contributed by atoms with van der Waals surface area (Å²) in [4.78, 5) is 45.8. The van der Waals surface area contributed by atoms with E-state index in [-0.39, 0.29) is 0 Å². The number of hydrogen-bond acceptors (Lipinski definition) is 7. The van der Waals surface area contributed by atoms with Crippen molar-refractivity contribution in [1.82, 2.24) is 39.9 Å². The minimum atomic E-state index is 0.376. The molecule has 78 heavy (non-hydrogen) atoms. The van der Waals surface area contributed by atoms with Crippen molar-refractivity contribution in [3.8, 4) is 45.6 Å². The number of fused-ring (bicyclic) bond motifs is 24. The van der Waals surface area contributed by atoms with E-state index in [1.54, 1.807) is 0 Å². The number of benzene rings is 8. The third-order valence-corrected chi connectivity index (χ3v) is 19.0. The van der Waals surface area contributed by atoms with Crippen molar-refractivity contribution in [3.63, 3.8) is 0 Å². The second-order valence-electron chi connectivity index (χ2n) is 23.1. The Balaban J connectivity index is 0.00000252. The topological polar surface area (TPSA) is 123 Å². The molecule has 0 spiro atoms. The van der Waals surface area contributed by atoms with Crippen LogP contribution in [0.5, 0.6) is 0 Å². The van der Waals surface area contributed by atoms with Crippen molar-refractivity contribution < 1.29 is 21.0 Å². The first kappa shape index (κ1) is 46.6. The van der Waals surface area contributed by atoms with Crippen LogP contribution in [0.3, 0.4) is 0 Å². The Morgan fingerprint density at radius 1 is 0.321 bits per heavy atom. The van der Waals surface area contributed by atoms with Crippen LogP contribution < -0.4 is 9.97 Å². The third kappa shape index (κ3) is 7.19. The quantitative estimate of drug-likeness (QED) is 0.169. The largest absolute Gasteiger partial charge is 0.357 e. The smallest absolute Gasteiger partial charge is 0.0930 e. The van der Waals surface area contributed by atoms with Gasteiger partial charge in [0.15, 0.2) is 0 Å². The molecule has 2 aliphatic heterocycles. The molecule has 0 unspecified atom stereocenters. The van der Waals surface area contributed by atoms with Gasteiger partial charge in [0.25, 0.3) is 0 Å². The summed E-state index contributed by atoms with van der Waals surface area (Å²) in [5.41, 5.74) is 12.2. The van der Waals surface area contributed by atoms with Crippen LogP contribution in [0.2, 0.25) is 0 Å². The zero-order valence-corrected chi connectivity index (χ0v) is 45.0. The van der Waals surface area contributed by atoms with Crippen LogP contribution in [0, 0.1) is 0 Å². The van der Waals surface area contributed by atoms with Gasteiger partial charge in [0.2, 0.25) is 0 Å². The molecule has 4 saturated carbocycles. The molecule has 9 nitrogen and oxygen atoms in total. The van der Waals surface area contributed by atoms with Crippen LogP contribution in [-0.4, -0.2) is 29.9 Å². The first-order valence-electron chi connectivity index (χ1n) is 28.8. The van der Waals surface area contributed by atoms with E-state index in [0.717, 1.165) is 113 Å². The van der Waals surface area contributed by atoms with Crippen molar-refractivity contribution in [2.24, 2.45) is 0 Å². The molecule has 5 heterocycles. The molecular weight excluding hydrogens is 996 g/mol. The summed E-state index contributed by atoms with van der Waals surface area (Å²) in [6.07, 6.45) is 18.8. The van der Waals surface area contributed by atoms with Crippen molar-refractivity contribution in [1.29, 1.82) is 0 Å². The molecule has 0 N–H and O–H groups in total. The fourth-order valence-electron chi connectivity index (χ4n) is 15.7. The fourth-order valence-corrected chi connectivity index (χ4v) is 15.7. The van der Waals surface area contributed by atoms with Crippen LogP contribution in [0.4, 0.5) is 0 Å². The first-order valence-corrected chi connectivity index (χ1v) is 29.4. The Labute approximate surface area is 461 Å². The third-order valence-electron chi connectivity index (χ3n) is 19.0. The average molecular weight is 1050 g/mol. The summed E-state index contributed by atoms with van der Waals surface area (Å²) in [5, 5.41) is 14.1. The Hall–Kier alpha value is -7.46. The average Bonchev–Trinajstić information content (AvgIpc) is 4.54. The molecule has 0 saturated heterocycles. The van der Waals surface area contributed by atoms with Crippen LogP contribution in [0.1, 0.15) is 149 Å². The predicted octanol–water partition coefficient (Wildman–Crippen LogP) is 17.2. The summed E-state index contributed by atoms with van der Waals surface area (Å²) >= 11 is 1.06. The molecule has 4 fully saturated rings. The Bertz CT molecular complexity index is 4210. The van der Waals surface area contributed by atoms with Gasteiger partial charge in [0.05, 0.1) is 23.3 Å². The van der Waals surface area contributed by atoms with E-state index in [2.05, 4.69) is 121 Å². The van der Waals surface area contributed by atoms with E-state index >= 15 is 0 Å². The minimum absolute atomic E-state index is 0.376. The van der Waals surface area contributed by atoms with Crippen molar-refractivity contribution in [3.05, 3.63) is 144 Å². The Morgan fingerprint density at radius 3 is 0.974 bits per heavy atom. The maximum atomic E-state index is 8.19. The molecule has 0 atom stereocenters. The summed E-state index contributed by atoms with van der Waals surface area (Å²) < 4.78 is 8.19. The number of nitrogens with zero attached hydrogens (tertiary/aromatic N) is 8. The van der Waals surface area contributed by atoms with Gasteiger partial charge in [-0.25, -0.2) is 9.97 Å². The maximum Gasteiger partial charge on any atom is 0.0930 e. The summed E-state index contributed by atoms with van der Waals surface area (Å²) in [5.74, 6) is 4.14. The van der Waals surface area contributed by atoms with Gasteiger partial charge in [-0.05, 0) is 186 Å². The summed E-state index contributed by atoms with van der Waals surface area (Å²) in [6.45, 7) is 0. The molecule has 8 bridgehead atoms. The second-order valence-corrected chi connectivity index (χ2v) is 23.1. The summed E-state index contributed by atoms with van der Waals surface area (Å²) in [7, 11) is 0. The zero-order valence-electron chi connectivity index (χ0n) is 43.6. The van der Waals surface area contributed by atoms with Gasteiger partial charge in [-0.1, -0.05) is 148 Å². The molecule has 10 heteroatoms. The van der Waals surface area contributed by atoms with E-state index in [1.165, 1.54) is 117 Å². The monoisotopic (exact) mass is 1050 g/mol. The van der Waals surface area contributed by atoms with E-state index in [9.17, 15) is 0 Å². The second kappa shape index (κ2) is 18.6. The fraction of sp³-hybridized carbons (Fsp3) is 0.294. The molecule has 6 aliphatic rings. The van der Waals surface area contributed by atoms with Crippen LogP contribution in [0.25, 0.3) is 133 Å². The number of aromatic nitrogens is 8. The van der Waals surface area contributed by atoms with Gasteiger partial charge in [0, 0.05) is 44.8 Å². The Morgan fingerprint density at radius 2 is 0.615 bits per heavy atom. The van der Waals surface area contributed by atoms with Crippen molar-refractivity contribution in [2.75, 3.05) is 0 Å². The van der Waals surface area contributed by atoms with Crippen LogP contribution in [-0.2, 0) is 21.0 Å². The molecule has 379 valence electrons. The van der Waals surface area contributed by atoms with E-state index < -0.39 is 0 Å². The van der Waals surface area contributed by atoms with Gasteiger partial charge < -0.3 is 29.9 Å². The standard InChI is InChI=1S/C68H56N8.O.V/c1-2-18-37(17-1)53-45-29-13-9-25-41(45)33-49-57(53)65-69-61(49)74-66-59-51(35-43-27-11-15-31-47(43)55(59)39-21-5-6-22-39)63(71-66)76-68-60-52(36-44-28-12-16-32-48(44)56(60)40-23-7-8-24-40)64(72-68)75-67-58-50(62(70-67)73-65)34-42-26-10-14-30-46(42)54(58)38-19-3-4-20-38;;/h9-16,25-40H,1-8,17-24H2;;/q-2;;+2. The first-order chi connectivity index (χ1) is 38.7. The molecule has 0 radical (unpaired) electrons. The van der Waals surface area contributed by atoms with Gasteiger partial charge in [0.1, 0.15) is 0 Å². The number of hydrogen-bond donors (Lipinski definition) is 0. The maximum absolute atomic E-state index is 8.19. The van der Waals surface area contributed by atoms with Gasteiger partial charge >= 0.3 is 21.0 Å².